The lowest BCUT2D eigenvalue weighted by molar-refractivity contribution is 0.581. The van der Waals surface area contributed by atoms with Crippen molar-refractivity contribution >= 4 is 21.6 Å². The number of aromatic nitrogens is 1. The summed E-state index contributed by atoms with van der Waals surface area (Å²) in [5.41, 5.74) is 1.03. The van der Waals surface area contributed by atoms with E-state index in [1.54, 1.807) is 12.3 Å². The summed E-state index contributed by atoms with van der Waals surface area (Å²) >= 11 is 5.89. The lowest BCUT2D eigenvalue weighted by Crippen LogP contribution is -2.26. The molecule has 0 fully saturated rings. The van der Waals surface area contributed by atoms with Crippen molar-refractivity contribution in [3.63, 3.8) is 0 Å². The maximum atomic E-state index is 12.2. The Balaban J connectivity index is 2.10. The highest BCUT2D eigenvalue weighted by atomic mass is 35.5. The fourth-order valence-electron chi connectivity index (χ4n) is 1.72. The van der Waals surface area contributed by atoms with Gasteiger partial charge in [-0.2, -0.15) is 5.26 Å². The molecule has 1 heterocycles. The number of rotatable bonds is 5. The third-order valence-corrected chi connectivity index (χ3v) is 4.69. The van der Waals surface area contributed by atoms with Gasteiger partial charge in [-0.25, -0.2) is 13.1 Å². The lowest BCUT2D eigenvalue weighted by Gasteiger charge is -2.08. The van der Waals surface area contributed by atoms with Gasteiger partial charge in [0.05, 0.1) is 16.7 Å². The number of hydrogen-bond donors (Lipinski definition) is 1. The number of pyridine rings is 1. The first kappa shape index (κ1) is 15.4. The summed E-state index contributed by atoms with van der Waals surface area (Å²) in [6, 6.07) is 11.5. The molecule has 0 spiro atoms. The van der Waals surface area contributed by atoms with Gasteiger partial charge in [-0.05, 0) is 30.3 Å². The van der Waals surface area contributed by atoms with E-state index in [4.69, 9.17) is 16.9 Å². The molecule has 0 amide bonds. The van der Waals surface area contributed by atoms with Crippen molar-refractivity contribution in [1.82, 2.24) is 9.71 Å². The maximum absolute atomic E-state index is 12.2. The Morgan fingerprint density at radius 1 is 1.29 bits per heavy atom. The van der Waals surface area contributed by atoms with Crippen LogP contribution in [0.2, 0.25) is 5.02 Å². The standard InChI is InChI=1S/C14H12ClN3O2S/c15-13-5-4-11(10-16)9-14(13)21(19,20)18-8-6-12-3-1-2-7-17-12/h1-5,7,9,18H,6,8H2. The number of nitrogens with zero attached hydrogens (tertiary/aromatic N) is 2. The molecule has 1 aromatic carbocycles. The molecule has 0 radical (unpaired) electrons. The minimum Gasteiger partial charge on any atom is -0.261 e. The van der Waals surface area contributed by atoms with Crippen LogP contribution in [0.4, 0.5) is 0 Å². The molecule has 0 bridgehead atoms. The first-order valence-corrected chi connectivity index (χ1v) is 7.98. The molecular formula is C14H12ClN3O2S. The van der Waals surface area contributed by atoms with Crippen molar-refractivity contribution in [2.75, 3.05) is 6.54 Å². The molecule has 108 valence electrons. The Hall–Kier alpha value is -1.94. The summed E-state index contributed by atoms with van der Waals surface area (Å²) in [4.78, 5) is 4.02. The summed E-state index contributed by atoms with van der Waals surface area (Å²) in [7, 11) is -3.75. The minimum atomic E-state index is -3.75. The highest BCUT2D eigenvalue weighted by Gasteiger charge is 2.18. The smallest absolute Gasteiger partial charge is 0.242 e. The summed E-state index contributed by atoms with van der Waals surface area (Å²) in [6.07, 6.45) is 2.12. The van der Waals surface area contributed by atoms with E-state index in [9.17, 15) is 8.42 Å². The monoisotopic (exact) mass is 321 g/mol. The van der Waals surface area contributed by atoms with Gasteiger partial charge in [0, 0.05) is 24.9 Å². The van der Waals surface area contributed by atoms with Crippen LogP contribution >= 0.6 is 11.6 Å². The molecule has 0 atom stereocenters. The van der Waals surface area contributed by atoms with E-state index >= 15 is 0 Å². The molecule has 0 unspecified atom stereocenters. The first-order valence-electron chi connectivity index (χ1n) is 6.12. The fourth-order valence-corrected chi connectivity index (χ4v) is 3.27. The second-order valence-corrected chi connectivity index (χ2v) is 6.37. The van der Waals surface area contributed by atoms with Gasteiger partial charge in [0.1, 0.15) is 4.90 Å². The van der Waals surface area contributed by atoms with E-state index in [0.29, 0.717) is 6.42 Å². The largest absolute Gasteiger partial charge is 0.261 e. The van der Waals surface area contributed by atoms with Crippen molar-refractivity contribution in [3.8, 4) is 6.07 Å². The molecule has 0 saturated heterocycles. The highest BCUT2D eigenvalue weighted by Crippen LogP contribution is 2.22. The van der Waals surface area contributed by atoms with Gasteiger partial charge >= 0.3 is 0 Å². The number of hydrogen-bond acceptors (Lipinski definition) is 4. The van der Waals surface area contributed by atoms with E-state index in [1.165, 1.54) is 18.2 Å². The second kappa shape index (κ2) is 6.68. The predicted molar refractivity (Wildman–Crippen MR) is 79.3 cm³/mol. The van der Waals surface area contributed by atoms with Crippen molar-refractivity contribution in [2.24, 2.45) is 0 Å². The number of nitrogens with one attached hydrogen (secondary N) is 1. The van der Waals surface area contributed by atoms with Crippen LogP contribution in [-0.2, 0) is 16.4 Å². The zero-order valence-corrected chi connectivity index (χ0v) is 12.5. The minimum absolute atomic E-state index is 0.0827. The molecule has 2 aromatic rings. The molecule has 0 aliphatic heterocycles. The zero-order valence-electron chi connectivity index (χ0n) is 11.0. The Morgan fingerprint density at radius 3 is 2.76 bits per heavy atom. The Bertz CT molecular complexity index is 771. The zero-order chi connectivity index (χ0) is 15.3. The quantitative estimate of drug-likeness (QED) is 0.914. The topological polar surface area (TPSA) is 82.8 Å². The maximum Gasteiger partial charge on any atom is 0.242 e. The Morgan fingerprint density at radius 2 is 2.10 bits per heavy atom. The average molecular weight is 322 g/mol. The number of halogens is 1. The third kappa shape index (κ3) is 4.02. The van der Waals surface area contributed by atoms with Crippen LogP contribution in [-0.4, -0.2) is 19.9 Å². The van der Waals surface area contributed by atoms with Gasteiger partial charge in [0.25, 0.3) is 0 Å². The number of nitriles is 1. The number of benzene rings is 1. The van der Waals surface area contributed by atoms with Crippen molar-refractivity contribution in [2.45, 2.75) is 11.3 Å². The molecule has 0 saturated carbocycles. The van der Waals surface area contributed by atoms with Crippen molar-refractivity contribution in [1.29, 1.82) is 5.26 Å². The van der Waals surface area contributed by atoms with Crippen LogP contribution in [0.1, 0.15) is 11.3 Å². The van der Waals surface area contributed by atoms with E-state index in [1.807, 2.05) is 18.2 Å². The van der Waals surface area contributed by atoms with Gasteiger partial charge < -0.3 is 0 Å². The summed E-state index contributed by atoms with van der Waals surface area (Å²) < 4.78 is 26.8. The van der Waals surface area contributed by atoms with Crippen LogP contribution in [0, 0.1) is 11.3 Å². The molecule has 2 rings (SSSR count). The first-order chi connectivity index (χ1) is 10.0. The lowest BCUT2D eigenvalue weighted by atomic mass is 10.2. The highest BCUT2D eigenvalue weighted by molar-refractivity contribution is 7.89. The SMILES string of the molecule is N#Cc1ccc(Cl)c(S(=O)(=O)NCCc2ccccn2)c1. The summed E-state index contributed by atoms with van der Waals surface area (Å²) in [5, 5.41) is 8.91. The van der Waals surface area contributed by atoms with E-state index in [-0.39, 0.29) is 22.0 Å². The molecule has 5 nitrogen and oxygen atoms in total. The van der Waals surface area contributed by atoms with Crippen molar-refractivity contribution in [3.05, 3.63) is 58.9 Å². The molecule has 1 aromatic heterocycles. The predicted octanol–water partition coefficient (Wildman–Crippen LogP) is 2.13. The van der Waals surface area contributed by atoms with Gasteiger partial charge in [-0.1, -0.05) is 17.7 Å². The summed E-state index contributed by atoms with van der Waals surface area (Å²) in [5.74, 6) is 0. The number of sulfonamides is 1. The average Bonchev–Trinajstić information content (AvgIpc) is 2.48. The summed E-state index contributed by atoms with van der Waals surface area (Å²) in [6.45, 7) is 0.201. The fraction of sp³-hybridized carbons (Fsp3) is 0.143. The molecule has 21 heavy (non-hydrogen) atoms. The van der Waals surface area contributed by atoms with Gasteiger partial charge in [0.15, 0.2) is 0 Å². The molecule has 1 N–H and O–H groups in total. The van der Waals surface area contributed by atoms with Crippen LogP contribution in [0.25, 0.3) is 0 Å². The van der Waals surface area contributed by atoms with Crippen LogP contribution in [0.15, 0.2) is 47.5 Å². The third-order valence-electron chi connectivity index (χ3n) is 2.75. The normalized spacial score (nSPS) is 11.0. The van der Waals surface area contributed by atoms with Crippen molar-refractivity contribution < 1.29 is 8.42 Å². The molecule has 7 heteroatoms. The Labute approximate surface area is 128 Å². The van der Waals surface area contributed by atoms with Crippen LogP contribution in [0.5, 0.6) is 0 Å². The van der Waals surface area contributed by atoms with Crippen LogP contribution in [0.3, 0.4) is 0 Å². The molecule has 0 aliphatic rings. The van der Waals surface area contributed by atoms with E-state index in [0.717, 1.165) is 5.69 Å². The van der Waals surface area contributed by atoms with E-state index in [2.05, 4.69) is 9.71 Å². The van der Waals surface area contributed by atoms with Crippen LogP contribution < -0.4 is 4.72 Å². The molecule has 0 aliphatic carbocycles. The second-order valence-electron chi connectivity index (χ2n) is 4.23. The molecular weight excluding hydrogens is 310 g/mol. The van der Waals surface area contributed by atoms with E-state index < -0.39 is 10.0 Å². The van der Waals surface area contributed by atoms with Gasteiger partial charge in [0.2, 0.25) is 10.0 Å². The Kier molecular flexibility index (Phi) is 4.91. The van der Waals surface area contributed by atoms with Gasteiger partial charge in [-0.3, -0.25) is 4.98 Å². The van der Waals surface area contributed by atoms with Gasteiger partial charge in [-0.15, -0.1) is 0 Å².